The molecule has 2 aromatic carbocycles. The van der Waals surface area contributed by atoms with Crippen LogP contribution in [0, 0.1) is 13.8 Å². The van der Waals surface area contributed by atoms with Gasteiger partial charge in [0.05, 0.1) is 24.0 Å². The molecule has 5 nitrogen and oxygen atoms in total. The first-order chi connectivity index (χ1) is 13.2. The zero-order valence-corrected chi connectivity index (χ0v) is 15.3. The van der Waals surface area contributed by atoms with Crippen LogP contribution in [0.4, 0.5) is 29.3 Å². The number of aromatic nitrogens is 2. The van der Waals surface area contributed by atoms with Crippen LogP contribution in [0.5, 0.6) is 0 Å². The number of nitrogens with one attached hydrogen (secondary N) is 2. The molecule has 0 saturated carbocycles. The van der Waals surface area contributed by atoms with Gasteiger partial charge in [0.15, 0.2) is 0 Å². The number of urea groups is 1. The molecule has 0 atom stereocenters. The molecule has 0 aliphatic rings. The molecule has 0 radical (unpaired) electrons. The van der Waals surface area contributed by atoms with Crippen LogP contribution in [0.2, 0.25) is 0 Å². The highest BCUT2D eigenvalue weighted by molar-refractivity contribution is 6.00. The van der Waals surface area contributed by atoms with Crippen molar-refractivity contribution in [3.05, 3.63) is 77.1 Å². The lowest BCUT2D eigenvalue weighted by Crippen LogP contribution is -2.19. The van der Waals surface area contributed by atoms with Gasteiger partial charge in [0.25, 0.3) is 0 Å². The molecule has 3 rings (SSSR count). The van der Waals surface area contributed by atoms with Crippen molar-refractivity contribution in [2.75, 3.05) is 10.6 Å². The minimum Gasteiger partial charge on any atom is -0.307 e. The van der Waals surface area contributed by atoms with Gasteiger partial charge in [-0.1, -0.05) is 24.3 Å². The molecule has 3 aromatic rings. The summed E-state index contributed by atoms with van der Waals surface area (Å²) >= 11 is 0. The number of alkyl halides is 3. The Balaban J connectivity index is 1.64. The SMILES string of the molecule is Cc1ccc(C)c(NC(=O)Nc2cnn(Cc3cccc(C(F)(F)F)c3)c2)c1. The standard InChI is InChI=1S/C20H19F3N4O/c1-13-6-7-14(2)18(8-13)26-19(28)25-17-10-24-27(12-17)11-15-4-3-5-16(9-15)20(21,22)23/h3-10,12H,11H2,1-2H3,(H2,25,26,28). The Kier molecular flexibility index (Phi) is 5.39. The molecule has 1 heterocycles. The largest absolute Gasteiger partial charge is 0.416 e. The minimum absolute atomic E-state index is 0.157. The van der Waals surface area contributed by atoms with E-state index in [1.807, 2.05) is 32.0 Å². The van der Waals surface area contributed by atoms with E-state index in [1.54, 1.807) is 12.3 Å². The Morgan fingerprint density at radius 1 is 1.11 bits per heavy atom. The molecule has 0 saturated heterocycles. The summed E-state index contributed by atoms with van der Waals surface area (Å²) in [5.74, 6) is 0. The average molecular weight is 388 g/mol. The summed E-state index contributed by atoms with van der Waals surface area (Å²) in [5, 5.41) is 9.52. The number of benzene rings is 2. The van der Waals surface area contributed by atoms with Crippen molar-refractivity contribution in [1.82, 2.24) is 9.78 Å². The molecule has 28 heavy (non-hydrogen) atoms. The van der Waals surface area contributed by atoms with Crippen LogP contribution in [-0.4, -0.2) is 15.8 Å². The fourth-order valence-electron chi connectivity index (χ4n) is 2.70. The molecule has 0 bridgehead atoms. The van der Waals surface area contributed by atoms with E-state index in [1.165, 1.54) is 16.9 Å². The maximum atomic E-state index is 12.8. The third-order valence-corrected chi connectivity index (χ3v) is 4.13. The summed E-state index contributed by atoms with van der Waals surface area (Å²) in [6, 6.07) is 10.4. The summed E-state index contributed by atoms with van der Waals surface area (Å²) in [4.78, 5) is 12.2. The summed E-state index contributed by atoms with van der Waals surface area (Å²) in [6.45, 7) is 3.98. The van der Waals surface area contributed by atoms with Gasteiger partial charge in [0.1, 0.15) is 0 Å². The Morgan fingerprint density at radius 3 is 2.64 bits per heavy atom. The molecule has 0 spiro atoms. The number of nitrogens with zero attached hydrogens (tertiary/aromatic N) is 2. The monoisotopic (exact) mass is 388 g/mol. The molecule has 8 heteroatoms. The smallest absolute Gasteiger partial charge is 0.307 e. The highest BCUT2D eigenvalue weighted by atomic mass is 19.4. The lowest BCUT2D eigenvalue weighted by Gasteiger charge is -2.10. The maximum Gasteiger partial charge on any atom is 0.416 e. The third-order valence-electron chi connectivity index (χ3n) is 4.13. The molecule has 0 fully saturated rings. The fourth-order valence-corrected chi connectivity index (χ4v) is 2.70. The summed E-state index contributed by atoms with van der Waals surface area (Å²) in [6.07, 6.45) is -1.39. The average Bonchev–Trinajstić information content (AvgIpc) is 3.04. The number of carbonyl (C=O) groups is 1. The second-order valence-corrected chi connectivity index (χ2v) is 6.52. The van der Waals surface area contributed by atoms with Crippen molar-refractivity contribution >= 4 is 17.4 Å². The van der Waals surface area contributed by atoms with Crippen molar-refractivity contribution in [3.63, 3.8) is 0 Å². The third kappa shape index (κ3) is 4.91. The number of carbonyl (C=O) groups excluding carboxylic acids is 1. The van der Waals surface area contributed by atoms with Crippen LogP contribution < -0.4 is 10.6 Å². The Labute approximate surface area is 160 Å². The zero-order chi connectivity index (χ0) is 20.3. The summed E-state index contributed by atoms with van der Waals surface area (Å²) in [5.41, 5.74) is 2.85. The number of halogens is 3. The van der Waals surface area contributed by atoms with E-state index in [-0.39, 0.29) is 6.54 Å². The van der Waals surface area contributed by atoms with E-state index in [9.17, 15) is 18.0 Å². The van der Waals surface area contributed by atoms with Crippen molar-refractivity contribution in [3.8, 4) is 0 Å². The lowest BCUT2D eigenvalue weighted by molar-refractivity contribution is -0.137. The molecule has 0 aliphatic carbocycles. The van der Waals surface area contributed by atoms with Gasteiger partial charge < -0.3 is 10.6 Å². The Morgan fingerprint density at radius 2 is 1.89 bits per heavy atom. The van der Waals surface area contributed by atoms with Crippen LogP contribution in [0.25, 0.3) is 0 Å². The van der Waals surface area contributed by atoms with E-state index in [2.05, 4.69) is 15.7 Å². The first kappa shape index (κ1) is 19.5. The van der Waals surface area contributed by atoms with Gasteiger partial charge in [-0.3, -0.25) is 4.68 Å². The Hall–Kier alpha value is -3.29. The van der Waals surface area contributed by atoms with E-state index in [4.69, 9.17) is 0 Å². The molecule has 0 unspecified atom stereocenters. The van der Waals surface area contributed by atoms with Gasteiger partial charge in [-0.05, 0) is 48.7 Å². The lowest BCUT2D eigenvalue weighted by atomic mass is 10.1. The first-order valence-electron chi connectivity index (χ1n) is 8.54. The number of hydrogen-bond acceptors (Lipinski definition) is 2. The molecular formula is C20H19F3N4O. The Bertz CT molecular complexity index is 995. The van der Waals surface area contributed by atoms with Gasteiger partial charge in [-0.2, -0.15) is 18.3 Å². The molecule has 1 aromatic heterocycles. The normalized spacial score (nSPS) is 11.3. The van der Waals surface area contributed by atoms with Gasteiger partial charge in [0.2, 0.25) is 0 Å². The van der Waals surface area contributed by atoms with E-state index >= 15 is 0 Å². The molecule has 146 valence electrons. The van der Waals surface area contributed by atoms with Crippen molar-refractivity contribution in [2.45, 2.75) is 26.6 Å². The molecular weight excluding hydrogens is 369 g/mol. The number of hydrogen-bond donors (Lipinski definition) is 2. The molecule has 2 N–H and O–H groups in total. The number of anilines is 2. The van der Waals surface area contributed by atoms with Crippen molar-refractivity contribution in [2.24, 2.45) is 0 Å². The van der Waals surface area contributed by atoms with Gasteiger partial charge in [0, 0.05) is 11.9 Å². The summed E-state index contributed by atoms with van der Waals surface area (Å²) in [7, 11) is 0. The second kappa shape index (κ2) is 7.75. The van der Waals surface area contributed by atoms with Crippen LogP contribution in [0.1, 0.15) is 22.3 Å². The predicted molar refractivity (Wildman–Crippen MR) is 101 cm³/mol. The minimum atomic E-state index is -4.39. The molecule has 2 amide bonds. The quantitative estimate of drug-likeness (QED) is 0.645. The van der Waals surface area contributed by atoms with Crippen LogP contribution in [0.3, 0.4) is 0 Å². The fraction of sp³-hybridized carbons (Fsp3) is 0.200. The second-order valence-electron chi connectivity index (χ2n) is 6.52. The van der Waals surface area contributed by atoms with E-state index < -0.39 is 17.8 Å². The highest BCUT2D eigenvalue weighted by Gasteiger charge is 2.30. The van der Waals surface area contributed by atoms with Crippen LogP contribution in [0.15, 0.2) is 54.9 Å². The zero-order valence-electron chi connectivity index (χ0n) is 15.3. The van der Waals surface area contributed by atoms with Crippen molar-refractivity contribution in [1.29, 1.82) is 0 Å². The van der Waals surface area contributed by atoms with Crippen molar-refractivity contribution < 1.29 is 18.0 Å². The first-order valence-corrected chi connectivity index (χ1v) is 8.54. The van der Waals surface area contributed by atoms with Crippen LogP contribution >= 0.6 is 0 Å². The number of amides is 2. The van der Waals surface area contributed by atoms with Gasteiger partial charge in [-0.15, -0.1) is 0 Å². The van der Waals surface area contributed by atoms with E-state index in [0.29, 0.717) is 16.9 Å². The predicted octanol–water partition coefficient (Wildman–Crippen LogP) is 5.21. The molecule has 0 aliphatic heterocycles. The topological polar surface area (TPSA) is 59.0 Å². The number of rotatable bonds is 4. The van der Waals surface area contributed by atoms with E-state index in [0.717, 1.165) is 23.3 Å². The maximum absolute atomic E-state index is 12.8. The van der Waals surface area contributed by atoms with Gasteiger partial charge in [-0.25, -0.2) is 4.79 Å². The van der Waals surface area contributed by atoms with Gasteiger partial charge >= 0.3 is 12.2 Å². The van der Waals surface area contributed by atoms with Crippen LogP contribution in [-0.2, 0) is 12.7 Å². The number of aryl methyl sites for hydroxylation is 2. The highest BCUT2D eigenvalue weighted by Crippen LogP contribution is 2.29. The summed E-state index contributed by atoms with van der Waals surface area (Å²) < 4.78 is 39.9.